The first kappa shape index (κ1) is 19.6. The van der Waals surface area contributed by atoms with E-state index in [-0.39, 0.29) is 29.6 Å². The van der Waals surface area contributed by atoms with Crippen LogP contribution in [-0.4, -0.2) is 54.0 Å². The van der Waals surface area contributed by atoms with Gasteiger partial charge in [-0.2, -0.15) is 0 Å². The normalized spacial score (nSPS) is 24.4. The number of urea groups is 1. The summed E-state index contributed by atoms with van der Waals surface area (Å²) < 4.78 is 13.8. The molecule has 27 heavy (non-hydrogen) atoms. The zero-order valence-electron chi connectivity index (χ0n) is 15.9. The molecule has 3 unspecified atom stereocenters. The van der Waals surface area contributed by atoms with Crippen molar-refractivity contribution in [3.05, 3.63) is 30.1 Å². The highest BCUT2D eigenvalue weighted by Gasteiger charge is 2.34. The Kier molecular flexibility index (Phi) is 6.31. The van der Waals surface area contributed by atoms with Crippen LogP contribution in [0.3, 0.4) is 0 Å². The molecule has 0 spiro atoms. The topological polar surface area (TPSA) is 78.7 Å². The van der Waals surface area contributed by atoms with Crippen molar-refractivity contribution in [2.45, 2.75) is 38.6 Å². The van der Waals surface area contributed by atoms with Crippen molar-refractivity contribution in [1.29, 1.82) is 0 Å². The molecule has 2 heterocycles. The number of hydrogen-bond donors (Lipinski definition) is 2. The molecule has 0 aromatic heterocycles. The number of rotatable bonds is 3. The highest BCUT2D eigenvalue weighted by Crippen LogP contribution is 2.25. The highest BCUT2D eigenvalue weighted by molar-refractivity contribution is 5.90. The van der Waals surface area contributed by atoms with Crippen LogP contribution in [0.25, 0.3) is 0 Å². The van der Waals surface area contributed by atoms with Gasteiger partial charge in [0.1, 0.15) is 5.82 Å². The minimum absolute atomic E-state index is 0.0787. The number of carbonyl (C=O) groups excluding carboxylic acids is 2. The van der Waals surface area contributed by atoms with E-state index in [4.69, 9.17) is 5.73 Å². The summed E-state index contributed by atoms with van der Waals surface area (Å²) in [6.45, 7) is 4.41. The molecule has 2 aliphatic heterocycles. The van der Waals surface area contributed by atoms with E-state index in [1.807, 2.05) is 11.8 Å². The number of halogens is 1. The number of likely N-dealkylation sites (tertiary alicyclic amines) is 2. The Labute approximate surface area is 159 Å². The summed E-state index contributed by atoms with van der Waals surface area (Å²) in [4.78, 5) is 29.0. The van der Waals surface area contributed by atoms with Crippen LogP contribution in [0.1, 0.15) is 32.6 Å². The van der Waals surface area contributed by atoms with E-state index in [0.29, 0.717) is 25.6 Å². The first-order valence-electron chi connectivity index (χ1n) is 9.80. The van der Waals surface area contributed by atoms with E-state index in [9.17, 15) is 14.0 Å². The van der Waals surface area contributed by atoms with Crippen molar-refractivity contribution >= 4 is 17.6 Å². The van der Waals surface area contributed by atoms with Crippen LogP contribution >= 0.6 is 0 Å². The molecule has 0 aliphatic carbocycles. The second-order valence-electron chi connectivity index (χ2n) is 7.74. The largest absolute Gasteiger partial charge is 0.342 e. The number of nitrogens with two attached hydrogens (primary N) is 1. The summed E-state index contributed by atoms with van der Waals surface area (Å²) in [6.07, 6.45) is 3.58. The second-order valence-corrected chi connectivity index (χ2v) is 7.74. The molecule has 7 heteroatoms. The Bertz CT molecular complexity index is 682. The van der Waals surface area contributed by atoms with Gasteiger partial charge >= 0.3 is 6.03 Å². The van der Waals surface area contributed by atoms with E-state index in [1.54, 1.807) is 17.0 Å². The van der Waals surface area contributed by atoms with Crippen molar-refractivity contribution in [1.82, 2.24) is 9.80 Å². The molecule has 3 atom stereocenters. The average molecular weight is 376 g/mol. The SMILES string of the molecule is CC(N)C1CCCN(C(=O)C2CCCN(C(=O)Nc3ccccc3F)C2)C1. The Morgan fingerprint density at radius 1 is 1.15 bits per heavy atom. The lowest BCUT2D eigenvalue weighted by Crippen LogP contribution is -2.51. The molecular formula is C20H29FN4O2. The van der Waals surface area contributed by atoms with Crippen molar-refractivity contribution in [3.8, 4) is 0 Å². The lowest BCUT2D eigenvalue weighted by atomic mass is 9.90. The third kappa shape index (κ3) is 4.77. The second kappa shape index (κ2) is 8.69. The molecule has 0 saturated carbocycles. The average Bonchev–Trinajstić information content (AvgIpc) is 2.69. The van der Waals surface area contributed by atoms with Crippen molar-refractivity contribution in [2.75, 3.05) is 31.5 Å². The van der Waals surface area contributed by atoms with Crippen LogP contribution in [0.4, 0.5) is 14.9 Å². The molecule has 2 saturated heterocycles. The molecule has 3 N–H and O–H groups in total. The lowest BCUT2D eigenvalue weighted by molar-refractivity contribution is -0.138. The van der Waals surface area contributed by atoms with Gasteiger partial charge in [-0.1, -0.05) is 12.1 Å². The fraction of sp³-hybridized carbons (Fsp3) is 0.600. The molecule has 0 radical (unpaired) electrons. The van der Waals surface area contributed by atoms with Crippen molar-refractivity contribution in [3.63, 3.8) is 0 Å². The Morgan fingerprint density at radius 3 is 2.59 bits per heavy atom. The maximum absolute atomic E-state index is 13.8. The van der Waals surface area contributed by atoms with Crippen molar-refractivity contribution < 1.29 is 14.0 Å². The fourth-order valence-electron chi connectivity index (χ4n) is 4.02. The number of piperidine rings is 2. The predicted octanol–water partition coefficient (Wildman–Crippen LogP) is 2.66. The zero-order valence-corrected chi connectivity index (χ0v) is 15.9. The van der Waals surface area contributed by atoms with Crippen LogP contribution in [0.2, 0.25) is 0 Å². The third-order valence-electron chi connectivity index (χ3n) is 5.69. The summed E-state index contributed by atoms with van der Waals surface area (Å²) in [7, 11) is 0. The minimum Gasteiger partial charge on any atom is -0.342 e. The number of nitrogens with one attached hydrogen (secondary N) is 1. The summed E-state index contributed by atoms with van der Waals surface area (Å²) in [5.41, 5.74) is 6.18. The van der Waals surface area contributed by atoms with Gasteiger partial charge in [0.25, 0.3) is 0 Å². The fourth-order valence-corrected chi connectivity index (χ4v) is 4.02. The molecule has 1 aromatic rings. The number of anilines is 1. The standard InChI is InChI=1S/C20H29FN4O2/c1-14(22)15-6-4-10-24(12-15)19(26)16-7-5-11-25(13-16)20(27)23-18-9-3-2-8-17(18)21/h2-3,8-9,14-16H,4-7,10-13,22H2,1H3,(H,23,27). The van der Waals surface area contributed by atoms with Gasteiger partial charge in [-0.3, -0.25) is 4.79 Å². The number of amides is 3. The van der Waals surface area contributed by atoms with Crippen molar-refractivity contribution in [2.24, 2.45) is 17.6 Å². The quantitative estimate of drug-likeness (QED) is 0.851. The van der Waals surface area contributed by atoms with Crippen LogP contribution in [0, 0.1) is 17.7 Å². The van der Waals surface area contributed by atoms with E-state index in [2.05, 4.69) is 5.32 Å². The third-order valence-corrected chi connectivity index (χ3v) is 5.69. The van der Waals surface area contributed by atoms with E-state index in [0.717, 1.165) is 32.2 Å². The van der Waals surface area contributed by atoms with Gasteiger partial charge < -0.3 is 20.9 Å². The van der Waals surface area contributed by atoms with Crippen LogP contribution in [0.15, 0.2) is 24.3 Å². The van der Waals surface area contributed by atoms with Gasteiger partial charge in [-0.05, 0) is 50.7 Å². The summed E-state index contributed by atoms with van der Waals surface area (Å²) in [5.74, 6) is -0.210. The number of carbonyl (C=O) groups is 2. The number of nitrogens with zero attached hydrogens (tertiary/aromatic N) is 2. The number of para-hydroxylation sites is 1. The lowest BCUT2D eigenvalue weighted by Gasteiger charge is -2.39. The first-order chi connectivity index (χ1) is 13.0. The number of benzene rings is 1. The molecule has 0 bridgehead atoms. The minimum atomic E-state index is -0.467. The maximum Gasteiger partial charge on any atom is 0.321 e. The van der Waals surface area contributed by atoms with Gasteiger partial charge in [0.2, 0.25) is 5.91 Å². The number of hydrogen-bond acceptors (Lipinski definition) is 3. The molecule has 2 fully saturated rings. The molecule has 148 valence electrons. The summed E-state index contributed by atoms with van der Waals surface area (Å²) >= 11 is 0. The smallest absolute Gasteiger partial charge is 0.321 e. The van der Waals surface area contributed by atoms with Gasteiger partial charge in [0.05, 0.1) is 11.6 Å². The van der Waals surface area contributed by atoms with E-state index < -0.39 is 5.82 Å². The molecule has 6 nitrogen and oxygen atoms in total. The zero-order chi connectivity index (χ0) is 19.4. The van der Waals surface area contributed by atoms with Crippen LogP contribution in [-0.2, 0) is 4.79 Å². The van der Waals surface area contributed by atoms with Gasteiger partial charge in [-0.25, -0.2) is 9.18 Å². The first-order valence-corrected chi connectivity index (χ1v) is 9.80. The van der Waals surface area contributed by atoms with E-state index >= 15 is 0 Å². The van der Waals surface area contributed by atoms with Gasteiger partial charge in [0.15, 0.2) is 0 Å². The molecular weight excluding hydrogens is 347 g/mol. The molecule has 3 rings (SSSR count). The molecule has 2 aliphatic rings. The molecule has 3 amide bonds. The summed E-state index contributed by atoms with van der Waals surface area (Å²) in [6, 6.07) is 5.81. The predicted molar refractivity (Wildman–Crippen MR) is 103 cm³/mol. The van der Waals surface area contributed by atoms with E-state index in [1.165, 1.54) is 12.1 Å². The van der Waals surface area contributed by atoms with Crippen LogP contribution < -0.4 is 11.1 Å². The summed E-state index contributed by atoms with van der Waals surface area (Å²) in [5, 5.41) is 2.61. The van der Waals surface area contributed by atoms with Gasteiger partial charge in [0, 0.05) is 32.2 Å². The monoisotopic (exact) mass is 376 g/mol. The Hall–Kier alpha value is -2.15. The maximum atomic E-state index is 13.8. The highest BCUT2D eigenvalue weighted by atomic mass is 19.1. The van der Waals surface area contributed by atoms with Crippen LogP contribution in [0.5, 0.6) is 0 Å². The molecule has 1 aromatic carbocycles. The Balaban J connectivity index is 1.59. The Morgan fingerprint density at radius 2 is 1.85 bits per heavy atom. The van der Waals surface area contributed by atoms with Gasteiger partial charge in [-0.15, -0.1) is 0 Å².